The number of urea groups is 1. The van der Waals surface area contributed by atoms with E-state index in [2.05, 4.69) is 12.2 Å². The van der Waals surface area contributed by atoms with Gasteiger partial charge in [0, 0.05) is 19.6 Å². The van der Waals surface area contributed by atoms with Crippen LogP contribution in [0.4, 0.5) is 4.79 Å². The zero-order chi connectivity index (χ0) is 21.4. The summed E-state index contributed by atoms with van der Waals surface area (Å²) in [6.07, 6.45) is 24.7. The standard InChI is InChI=1S/C25H52N2O2/c1-3-5-6-7-8-9-10-11-12-13-14-15-16-17-18-19-20-21-22-27(23-24-28)25(29)26-4-2/h28H,3-24H2,1-2H3,(H,26,29). The highest BCUT2D eigenvalue weighted by molar-refractivity contribution is 5.74. The highest BCUT2D eigenvalue weighted by Crippen LogP contribution is 2.14. The summed E-state index contributed by atoms with van der Waals surface area (Å²) < 4.78 is 0. The number of unbranched alkanes of at least 4 members (excludes halogenated alkanes) is 17. The molecular weight excluding hydrogens is 360 g/mol. The van der Waals surface area contributed by atoms with Crippen LogP contribution in [-0.2, 0) is 0 Å². The molecule has 0 aliphatic carbocycles. The summed E-state index contributed by atoms with van der Waals surface area (Å²) in [6, 6.07) is -0.0477. The van der Waals surface area contributed by atoms with Crippen molar-refractivity contribution < 1.29 is 9.90 Å². The molecule has 0 rings (SSSR count). The van der Waals surface area contributed by atoms with Gasteiger partial charge in [0.15, 0.2) is 0 Å². The van der Waals surface area contributed by atoms with E-state index >= 15 is 0 Å². The van der Waals surface area contributed by atoms with Gasteiger partial charge in [-0.15, -0.1) is 0 Å². The van der Waals surface area contributed by atoms with Crippen LogP contribution in [0.3, 0.4) is 0 Å². The smallest absolute Gasteiger partial charge is 0.317 e. The number of carbonyl (C=O) groups is 1. The Bertz CT molecular complexity index is 337. The van der Waals surface area contributed by atoms with Gasteiger partial charge in [-0.2, -0.15) is 0 Å². The molecule has 0 radical (unpaired) electrons. The Balaban J connectivity index is 3.28. The van der Waals surface area contributed by atoms with Crippen molar-refractivity contribution in [3.05, 3.63) is 0 Å². The van der Waals surface area contributed by atoms with Crippen LogP contribution in [0.5, 0.6) is 0 Å². The predicted molar refractivity (Wildman–Crippen MR) is 127 cm³/mol. The van der Waals surface area contributed by atoms with E-state index in [1.807, 2.05) is 6.92 Å². The van der Waals surface area contributed by atoms with Gasteiger partial charge in [0.2, 0.25) is 0 Å². The fraction of sp³-hybridized carbons (Fsp3) is 0.960. The average Bonchev–Trinajstić information content (AvgIpc) is 2.72. The first-order valence-corrected chi connectivity index (χ1v) is 12.9. The molecule has 0 aromatic carbocycles. The lowest BCUT2D eigenvalue weighted by Crippen LogP contribution is -2.41. The Hall–Kier alpha value is -0.770. The summed E-state index contributed by atoms with van der Waals surface area (Å²) in [4.78, 5) is 13.6. The molecule has 0 bridgehead atoms. The second-order valence-electron chi connectivity index (χ2n) is 8.56. The van der Waals surface area contributed by atoms with Gasteiger partial charge in [-0.25, -0.2) is 4.79 Å². The third-order valence-electron chi connectivity index (χ3n) is 5.77. The van der Waals surface area contributed by atoms with Crippen molar-refractivity contribution in [1.29, 1.82) is 0 Å². The molecule has 0 aliphatic rings. The Labute approximate surface area is 182 Å². The number of aliphatic hydroxyl groups excluding tert-OH is 1. The first-order valence-electron chi connectivity index (χ1n) is 12.9. The lowest BCUT2D eigenvalue weighted by molar-refractivity contribution is 0.176. The van der Waals surface area contributed by atoms with Gasteiger partial charge in [-0.1, -0.05) is 116 Å². The van der Waals surface area contributed by atoms with E-state index in [0.717, 1.165) is 13.0 Å². The normalized spacial score (nSPS) is 11.0. The van der Waals surface area contributed by atoms with E-state index in [9.17, 15) is 4.79 Å². The second-order valence-corrected chi connectivity index (χ2v) is 8.56. The first kappa shape index (κ1) is 28.2. The minimum Gasteiger partial charge on any atom is -0.395 e. The number of amides is 2. The zero-order valence-corrected chi connectivity index (χ0v) is 19.9. The summed E-state index contributed by atoms with van der Waals surface area (Å²) >= 11 is 0. The molecule has 29 heavy (non-hydrogen) atoms. The molecule has 0 aromatic rings. The molecule has 0 heterocycles. The van der Waals surface area contributed by atoms with E-state index in [4.69, 9.17) is 5.11 Å². The summed E-state index contributed by atoms with van der Waals surface area (Å²) in [5.41, 5.74) is 0. The fourth-order valence-electron chi connectivity index (χ4n) is 3.90. The van der Waals surface area contributed by atoms with E-state index in [-0.39, 0.29) is 12.6 Å². The quantitative estimate of drug-likeness (QED) is 0.187. The number of hydrogen-bond donors (Lipinski definition) is 2. The number of carbonyl (C=O) groups excluding carboxylic acids is 1. The topological polar surface area (TPSA) is 52.6 Å². The van der Waals surface area contributed by atoms with Crippen molar-refractivity contribution in [2.75, 3.05) is 26.2 Å². The Morgan fingerprint density at radius 2 is 1.00 bits per heavy atom. The molecule has 0 atom stereocenters. The maximum atomic E-state index is 11.9. The van der Waals surface area contributed by atoms with Crippen LogP contribution in [0.25, 0.3) is 0 Å². The van der Waals surface area contributed by atoms with Gasteiger partial charge >= 0.3 is 6.03 Å². The van der Waals surface area contributed by atoms with Crippen LogP contribution in [0.2, 0.25) is 0 Å². The van der Waals surface area contributed by atoms with Crippen LogP contribution >= 0.6 is 0 Å². The van der Waals surface area contributed by atoms with Crippen molar-refractivity contribution in [3.63, 3.8) is 0 Å². The minimum atomic E-state index is -0.0477. The van der Waals surface area contributed by atoms with Gasteiger partial charge in [-0.3, -0.25) is 0 Å². The summed E-state index contributed by atoms with van der Waals surface area (Å²) in [5.74, 6) is 0. The molecule has 0 fully saturated rings. The van der Waals surface area contributed by atoms with Crippen LogP contribution in [0.1, 0.15) is 129 Å². The number of hydrogen-bond acceptors (Lipinski definition) is 2. The monoisotopic (exact) mass is 412 g/mol. The van der Waals surface area contributed by atoms with Gasteiger partial charge in [0.1, 0.15) is 0 Å². The molecule has 0 aliphatic heterocycles. The summed E-state index contributed by atoms with van der Waals surface area (Å²) in [7, 11) is 0. The molecule has 0 spiro atoms. The second kappa shape index (κ2) is 23.5. The van der Waals surface area contributed by atoms with Crippen molar-refractivity contribution >= 4 is 6.03 Å². The van der Waals surface area contributed by atoms with E-state index in [1.54, 1.807) is 4.90 Å². The van der Waals surface area contributed by atoms with Crippen molar-refractivity contribution in [3.8, 4) is 0 Å². The lowest BCUT2D eigenvalue weighted by atomic mass is 10.0. The first-order chi connectivity index (χ1) is 14.3. The molecule has 2 N–H and O–H groups in total. The Kier molecular flexibility index (Phi) is 22.9. The van der Waals surface area contributed by atoms with Crippen molar-refractivity contribution in [1.82, 2.24) is 10.2 Å². The third kappa shape index (κ3) is 20.3. The molecule has 0 saturated heterocycles. The fourth-order valence-corrected chi connectivity index (χ4v) is 3.90. The Morgan fingerprint density at radius 3 is 1.34 bits per heavy atom. The van der Waals surface area contributed by atoms with Crippen LogP contribution in [-0.4, -0.2) is 42.3 Å². The molecule has 4 heteroatoms. The summed E-state index contributed by atoms with van der Waals surface area (Å²) in [6.45, 7) is 6.07. The SMILES string of the molecule is CCCCCCCCCCCCCCCCCCCCN(CCO)C(=O)NCC. The van der Waals surface area contributed by atoms with Crippen molar-refractivity contribution in [2.45, 2.75) is 129 Å². The van der Waals surface area contributed by atoms with Crippen LogP contribution < -0.4 is 5.32 Å². The lowest BCUT2D eigenvalue weighted by Gasteiger charge is -2.21. The van der Waals surface area contributed by atoms with Gasteiger partial charge in [0.25, 0.3) is 0 Å². The van der Waals surface area contributed by atoms with Crippen LogP contribution in [0.15, 0.2) is 0 Å². The highest BCUT2D eigenvalue weighted by Gasteiger charge is 2.10. The number of nitrogens with zero attached hydrogens (tertiary/aromatic N) is 1. The van der Waals surface area contributed by atoms with Gasteiger partial charge in [0.05, 0.1) is 6.61 Å². The molecule has 0 unspecified atom stereocenters. The largest absolute Gasteiger partial charge is 0.395 e. The maximum absolute atomic E-state index is 11.9. The minimum absolute atomic E-state index is 0.0379. The molecule has 0 saturated carbocycles. The maximum Gasteiger partial charge on any atom is 0.317 e. The molecule has 0 aromatic heterocycles. The van der Waals surface area contributed by atoms with Crippen LogP contribution in [0, 0.1) is 0 Å². The number of aliphatic hydroxyl groups is 1. The third-order valence-corrected chi connectivity index (χ3v) is 5.77. The van der Waals surface area contributed by atoms with Gasteiger partial charge in [-0.05, 0) is 13.3 Å². The average molecular weight is 413 g/mol. The van der Waals surface area contributed by atoms with E-state index in [1.165, 1.54) is 109 Å². The zero-order valence-electron chi connectivity index (χ0n) is 19.9. The highest BCUT2D eigenvalue weighted by atomic mass is 16.3. The molecule has 2 amide bonds. The Morgan fingerprint density at radius 1 is 0.621 bits per heavy atom. The molecule has 4 nitrogen and oxygen atoms in total. The van der Waals surface area contributed by atoms with Gasteiger partial charge < -0.3 is 15.3 Å². The predicted octanol–water partition coefficient (Wildman–Crippen LogP) is 7.05. The van der Waals surface area contributed by atoms with E-state index < -0.39 is 0 Å². The number of rotatable bonds is 22. The number of nitrogens with one attached hydrogen (secondary N) is 1. The van der Waals surface area contributed by atoms with E-state index in [0.29, 0.717) is 13.1 Å². The summed E-state index contributed by atoms with van der Waals surface area (Å²) in [5, 5.41) is 11.9. The molecular formula is C25H52N2O2. The molecule has 174 valence electrons. The van der Waals surface area contributed by atoms with Crippen molar-refractivity contribution in [2.24, 2.45) is 0 Å².